The minimum absolute atomic E-state index is 0.167. The smallest absolute Gasteiger partial charge is 0.332 e. The van der Waals surface area contributed by atoms with Crippen molar-refractivity contribution in [2.24, 2.45) is 0 Å². The summed E-state index contributed by atoms with van der Waals surface area (Å²) in [5.74, 6) is -0.450. The molecule has 5 atom stereocenters. The SMILES string of the molecule is O=C1CO[C@H]2O[C@H](COCc3ccccc3)[C@H](OCc3ccccc3)[C@H](OCc3ccccc3)[C@H]2O1. The second-order valence-corrected chi connectivity index (χ2v) is 8.83. The van der Waals surface area contributed by atoms with Crippen molar-refractivity contribution in [3.8, 4) is 0 Å². The number of rotatable bonds is 10. The highest BCUT2D eigenvalue weighted by Crippen LogP contribution is 2.32. The molecule has 0 saturated carbocycles. The van der Waals surface area contributed by atoms with Crippen LogP contribution >= 0.6 is 0 Å². The second kappa shape index (κ2) is 12.3. The predicted octanol–water partition coefficient (Wildman–Crippen LogP) is 4.04. The molecule has 0 spiro atoms. The molecule has 0 N–H and O–H groups in total. The monoisotopic (exact) mass is 490 g/mol. The van der Waals surface area contributed by atoms with E-state index in [1.54, 1.807) is 0 Å². The van der Waals surface area contributed by atoms with E-state index in [2.05, 4.69) is 0 Å². The van der Waals surface area contributed by atoms with Crippen LogP contribution in [0.4, 0.5) is 0 Å². The number of hydrogen-bond acceptors (Lipinski definition) is 7. The van der Waals surface area contributed by atoms with Gasteiger partial charge >= 0.3 is 5.97 Å². The first kappa shape index (κ1) is 24.6. The highest BCUT2D eigenvalue weighted by Gasteiger charge is 2.52. The molecule has 2 fully saturated rings. The summed E-state index contributed by atoms with van der Waals surface area (Å²) in [4.78, 5) is 12.1. The Balaban J connectivity index is 1.35. The lowest BCUT2D eigenvalue weighted by atomic mass is 9.97. The van der Waals surface area contributed by atoms with Gasteiger partial charge in [0.2, 0.25) is 0 Å². The summed E-state index contributed by atoms with van der Waals surface area (Å²) >= 11 is 0. The number of carbonyl (C=O) groups excluding carboxylic acids is 1. The van der Waals surface area contributed by atoms with Gasteiger partial charge in [0.25, 0.3) is 0 Å². The molecule has 3 aromatic rings. The van der Waals surface area contributed by atoms with E-state index in [-0.39, 0.29) is 13.2 Å². The first-order valence-corrected chi connectivity index (χ1v) is 12.2. The van der Waals surface area contributed by atoms with Crippen LogP contribution in [0.2, 0.25) is 0 Å². The highest BCUT2D eigenvalue weighted by molar-refractivity contribution is 5.71. The Hall–Kier alpha value is -3.07. The number of benzene rings is 3. The number of ether oxygens (including phenoxy) is 6. The lowest BCUT2D eigenvalue weighted by Crippen LogP contribution is -2.64. The predicted molar refractivity (Wildman–Crippen MR) is 131 cm³/mol. The van der Waals surface area contributed by atoms with Crippen molar-refractivity contribution in [3.05, 3.63) is 108 Å². The van der Waals surface area contributed by atoms with Crippen LogP contribution in [0, 0.1) is 0 Å². The number of esters is 1. The highest BCUT2D eigenvalue weighted by atomic mass is 16.8. The third kappa shape index (κ3) is 6.37. The zero-order valence-electron chi connectivity index (χ0n) is 19.9. The molecule has 0 aliphatic carbocycles. The van der Waals surface area contributed by atoms with Gasteiger partial charge in [0.15, 0.2) is 12.4 Å². The molecule has 0 bridgehead atoms. The maximum absolute atomic E-state index is 12.1. The van der Waals surface area contributed by atoms with Crippen molar-refractivity contribution < 1.29 is 33.2 Å². The van der Waals surface area contributed by atoms with E-state index in [0.29, 0.717) is 19.8 Å². The first-order valence-electron chi connectivity index (χ1n) is 12.2. The zero-order chi connectivity index (χ0) is 24.6. The van der Waals surface area contributed by atoms with E-state index in [0.717, 1.165) is 16.7 Å². The van der Waals surface area contributed by atoms with Gasteiger partial charge in [0.1, 0.15) is 24.9 Å². The van der Waals surface area contributed by atoms with Gasteiger partial charge in [-0.2, -0.15) is 0 Å². The van der Waals surface area contributed by atoms with E-state index >= 15 is 0 Å². The summed E-state index contributed by atoms with van der Waals surface area (Å²) in [6.07, 6.45) is -3.16. The molecule has 2 aliphatic rings. The Bertz CT molecular complexity index is 1080. The van der Waals surface area contributed by atoms with E-state index < -0.39 is 36.7 Å². The molecular weight excluding hydrogens is 460 g/mol. The zero-order valence-corrected chi connectivity index (χ0v) is 19.9. The van der Waals surface area contributed by atoms with Crippen molar-refractivity contribution in [2.75, 3.05) is 13.2 Å². The fourth-order valence-electron chi connectivity index (χ4n) is 4.40. The molecule has 2 aliphatic heterocycles. The molecule has 0 radical (unpaired) electrons. The molecule has 7 nitrogen and oxygen atoms in total. The third-order valence-corrected chi connectivity index (χ3v) is 6.19. The minimum atomic E-state index is -0.759. The van der Waals surface area contributed by atoms with E-state index in [9.17, 15) is 4.79 Å². The maximum Gasteiger partial charge on any atom is 0.332 e. The van der Waals surface area contributed by atoms with Crippen LogP contribution in [0.15, 0.2) is 91.0 Å². The summed E-state index contributed by atoms with van der Waals surface area (Å²) in [7, 11) is 0. The quantitative estimate of drug-likeness (QED) is 0.397. The topological polar surface area (TPSA) is 72.5 Å². The second-order valence-electron chi connectivity index (χ2n) is 8.83. The lowest BCUT2D eigenvalue weighted by Gasteiger charge is -2.46. The molecule has 7 heteroatoms. The Labute approximate surface area is 210 Å². The maximum atomic E-state index is 12.1. The summed E-state index contributed by atoms with van der Waals surface area (Å²) < 4.78 is 36.4. The lowest BCUT2D eigenvalue weighted by molar-refractivity contribution is -0.335. The van der Waals surface area contributed by atoms with Crippen molar-refractivity contribution >= 4 is 5.97 Å². The molecule has 36 heavy (non-hydrogen) atoms. The Morgan fingerprint density at radius 3 is 1.81 bits per heavy atom. The Kier molecular flexibility index (Phi) is 8.38. The first-order chi connectivity index (χ1) is 17.8. The summed E-state index contributed by atoms with van der Waals surface area (Å²) in [5.41, 5.74) is 3.08. The molecule has 3 aromatic carbocycles. The van der Waals surface area contributed by atoms with Crippen LogP contribution in [-0.4, -0.2) is 49.9 Å². The molecule has 5 rings (SSSR count). The Morgan fingerprint density at radius 2 is 1.22 bits per heavy atom. The van der Waals surface area contributed by atoms with Gasteiger partial charge in [-0.3, -0.25) is 0 Å². The van der Waals surface area contributed by atoms with Gasteiger partial charge in [-0.15, -0.1) is 0 Å². The molecule has 2 saturated heterocycles. The van der Waals surface area contributed by atoms with E-state index in [1.165, 1.54) is 0 Å². The molecule has 2 heterocycles. The van der Waals surface area contributed by atoms with Gasteiger partial charge in [0.05, 0.1) is 26.4 Å². The van der Waals surface area contributed by atoms with Gasteiger partial charge in [-0.05, 0) is 16.7 Å². The average molecular weight is 491 g/mol. The largest absolute Gasteiger partial charge is 0.452 e. The van der Waals surface area contributed by atoms with Crippen molar-refractivity contribution in [1.29, 1.82) is 0 Å². The Morgan fingerprint density at radius 1 is 0.694 bits per heavy atom. The molecule has 0 unspecified atom stereocenters. The van der Waals surface area contributed by atoms with Crippen LogP contribution in [0.1, 0.15) is 16.7 Å². The van der Waals surface area contributed by atoms with Gasteiger partial charge in [-0.25, -0.2) is 4.79 Å². The van der Waals surface area contributed by atoms with Crippen LogP contribution in [-0.2, 0) is 53.0 Å². The van der Waals surface area contributed by atoms with Crippen molar-refractivity contribution in [1.82, 2.24) is 0 Å². The van der Waals surface area contributed by atoms with Gasteiger partial charge in [-0.1, -0.05) is 91.0 Å². The van der Waals surface area contributed by atoms with E-state index in [1.807, 2.05) is 91.0 Å². The molecule has 0 aromatic heterocycles. The number of hydrogen-bond donors (Lipinski definition) is 0. The van der Waals surface area contributed by atoms with Crippen LogP contribution in [0.3, 0.4) is 0 Å². The summed E-state index contributed by atoms with van der Waals surface area (Å²) in [5, 5.41) is 0. The summed E-state index contributed by atoms with van der Waals surface area (Å²) in [6, 6.07) is 29.7. The average Bonchev–Trinajstić information content (AvgIpc) is 2.93. The number of fused-ring (bicyclic) bond motifs is 1. The van der Waals surface area contributed by atoms with Crippen LogP contribution < -0.4 is 0 Å². The minimum Gasteiger partial charge on any atom is -0.452 e. The summed E-state index contributed by atoms with van der Waals surface area (Å²) in [6.45, 7) is 1.21. The fourth-order valence-corrected chi connectivity index (χ4v) is 4.40. The van der Waals surface area contributed by atoms with Crippen molar-refractivity contribution in [3.63, 3.8) is 0 Å². The van der Waals surface area contributed by atoms with Crippen LogP contribution in [0.25, 0.3) is 0 Å². The molecule has 0 amide bonds. The standard InChI is InChI=1S/C29H30O7/c30-25-20-34-29-28(36-25)27(33-18-23-14-8-3-9-15-23)26(32-17-22-12-6-2-7-13-22)24(35-29)19-31-16-21-10-4-1-5-11-21/h1-15,24,26-29H,16-20H2/t24-,26+,27+,28-,29+/m1/s1. The van der Waals surface area contributed by atoms with Crippen molar-refractivity contribution in [2.45, 2.75) is 50.5 Å². The molecule has 188 valence electrons. The van der Waals surface area contributed by atoms with Gasteiger partial charge in [0, 0.05) is 0 Å². The molecular formula is C29H30O7. The fraction of sp³-hybridized carbons (Fsp3) is 0.345. The third-order valence-electron chi connectivity index (χ3n) is 6.19. The van der Waals surface area contributed by atoms with Gasteiger partial charge < -0.3 is 28.4 Å². The number of carbonyl (C=O) groups is 1. The normalized spacial score (nSPS) is 25.7. The van der Waals surface area contributed by atoms with Crippen LogP contribution in [0.5, 0.6) is 0 Å². The van der Waals surface area contributed by atoms with E-state index in [4.69, 9.17) is 28.4 Å².